The van der Waals surface area contributed by atoms with E-state index >= 15 is 0 Å². The number of benzene rings is 1. The summed E-state index contributed by atoms with van der Waals surface area (Å²) in [4.78, 5) is 17.5. The van der Waals surface area contributed by atoms with Gasteiger partial charge in [0.2, 0.25) is 12.7 Å². The van der Waals surface area contributed by atoms with Crippen molar-refractivity contribution in [2.45, 2.75) is 44.7 Å². The summed E-state index contributed by atoms with van der Waals surface area (Å²) < 4.78 is 10.7. The van der Waals surface area contributed by atoms with Crippen molar-refractivity contribution >= 4 is 12.0 Å². The van der Waals surface area contributed by atoms with E-state index in [9.17, 15) is 4.79 Å². The van der Waals surface area contributed by atoms with Gasteiger partial charge in [0.05, 0.1) is 0 Å². The Morgan fingerprint density at radius 3 is 2.60 bits per heavy atom. The highest BCUT2D eigenvalue weighted by molar-refractivity contribution is 5.92. The van der Waals surface area contributed by atoms with Gasteiger partial charge in [-0.1, -0.05) is 13.0 Å². The number of piperidine rings is 1. The van der Waals surface area contributed by atoms with Crippen LogP contribution < -0.4 is 9.47 Å². The quantitative estimate of drug-likeness (QED) is 0.772. The predicted molar refractivity (Wildman–Crippen MR) is 96.6 cm³/mol. The van der Waals surface area contributed by atoms with E-state index in [4.69, 9.17) is 9.47 Å². The summed E-state index contributed by atoms with van der Waals surface area (Å²) in [7, 11) is 0. The first-order valence-corrected chi connectivity index (χ1v) is 9.37. The van der Waals surface area contributed by atoms with Crippen molar-refractivity contribution in [1.29, 1.82) is 0 Å². The Bertz CT molecular complexity index is 661. The number of carbonyl (C=O) groups is 1. The molecule has 5 heteroatoms. The Morgan fingerprint density at radius 2 is 1.88 bits per heavy atom. The molecule has 1 saturated carbocycles. The van der Waals surface area contributed by atoms with Gasteiger partial charge in [-0.15, -0.1) is 0 Å². The van der Waals surface area contributed by atoms with Gasteiger partial charge in [-0.05, 0) is 56.0 Å². The minimum atomic E-state index is 0.148. The van der Waals surface area contributed by atoms with Crippen LogP contribution in [-0.2, 0) is 4.79 Å². The van der Waals surface area contributed by atoms with Crippen molar-refractivity contribution < 1.29 is 14.3 Å². The standard InChI is InChI=1S/C20H26N2O3/c1-2-21-11-9-17(10-12-21)22(16-5-6-16)20(23)8-4-15-3-7-18-19(13-15)25-14-24-18/h3-4,7-8,13,16-17H,2,5-6,9-12,14H2,1H3/b8-4-. The van der Waals surface area contributed by atoms with Gasteiger partial charge < -0.3 is 19.3 Å². The van der Waals surface area contributed by atoms with Crippen LogP contribution >= 0.6 is 0 Å². The van der Waals surface area contributed by atoms with E-state index in [1.807, 2.05) is 24.3 Å². The molecule has 3 aliphatic rings. The third-order valence-corrected chi connectivity index (χ3v) is 5.41. The molecule has 1 aliphatic carbocycles. The number of rotatable bonds is 5. The van der Waals surface area contributed by atoms with Crippen molar-refractivity contribution in [3.05, 3.63) is 29.8 Å². The number of fused-ring (bicyclic) bond motifs is 1. The number of hydrogen-bond acceptors (Lipinski definition) is 4. The third-order valence-electron chi connectivity index (χ3n) is 5.41. The SMILES string of the molecule is CCN1CCC(N(C(=O)/C=C\c2ccc3c(c2)OCO3)C2CC2)CC1. The molecule has 0 spiro atoms. The Hall–Kier alpha value is -2.01. The molecule has 2 aliphatic heterocycles. The van der Waals surface area contributed by atoms with E-state index in [1.54, 1.807) is 6.08 Å². The Labute approximate surface area is 149 Å². The lowest BCUT2D eigenvalue weighted by molar-refractivity contribution is -0.129. The molecule has 0 radical (unpaired) electrons. The number of carbonyl (C=O) groups excluding carboxylic acids is 1. The van der Waals surface area contributed by atoms with Crippen LogP contribution in [0.3, 0.4) is 0 Å². The average Bonchev–Trinajstić information content (AvgIpc) is 3.36. The van der Waals surface area contributed by atoms with Crippen LogP contribution in [0.15, 0.2) is 24.3 Å². The Morgan fingerprint density at radius 1 is 1.16 bits per heavy atom. The van der Waals surface area contributed by atoms with Gasteiger partial charge in [-0.25, -0.2) is 0 Å². The molecule has 0 bridgehead atoms. The fraction of sp³-hybridized carbons (Fsp3) is 0.550. The first-order valence-electron chi connectivity index (χ1n) is 9.37. The molecule has 2 fully saturated rings. The van der Waals surface area contributed by atoms with E-state index in [-0.39, 0.29) is 12.7 Å². The van der Waals surface area contributed by atoms with E-state index in [0.717, 1.165) is 62.4 Å². The van der Waals surface area contributed by atoms with Gasteiger partial charge in [-0.2, -0.15) is 0 Å². The molecule has 1 aromatic carbocycles. The smallest absolute Gasteiger partial charge is 0.247 e. The molecule has 25 heavy (non-hydrogen) atoms. The second kappa shape index (κ2) is 7.08. The largest absolute Gasteiger partial charge is 0.454 e. The molecule has 1 amide bonds. The lowest BCUT2D eigenvalue weighted by Crippen LogP contribution is -2.47. The Kier molecular flexibility index (Phi) is 4.66. The van der Waals surface area contributed by atoms with Crippen molar-refractivity contribution in [2.75, 3.05) is 26.4 Å². The molecule has 4 rings (SSSR count). The highest BCUT2D eigenvalue weighted by atomic mass is 16.7. The summed E-state index contributed by atoms with van der Waals surface area (Å²) in [5, 5.41) is 0. The third kappa shape index (κ3) is 3.66. The maximum absolute atomic E-state index is 12.9. The maximum Gasteiger partial charge on any atom is 0.247 e. The van der Waals surface area contributed by atoms with Gasteiger partial charge in [-0.3, -0.25) is 4.79 Å². The van der Waals surface area contributed by atoms with Gasteiger partial charge in [0.15, 0.2) is 11.5 Å². The minimum absolute atomic E-state index is 0.148. The highest BCUT2D eigenvalue weighted by Crippen LogP contribution is 2.34. The van der Waals surface area contributed by atoms with E-state index < -0.39 is 0 Å². The zero-order chi connectivity index (χ0) is 17.2. The fourth-order valence-corrected chi connectivity index (χ4v) is 3.79. The summed E-state index contributed by atoms with van der Waals surface area (Å²) in [5.74, 6) is 1.67. The van der Waals surface area contributed by atoms with E-state index in [0.29, 0.717) is 12.1 Å². The molecule has 0 N–H and O–H groups in total. The second-order valence-corrected chi connectivity index (χ2v) is 7.09. The summed E-state index contributed by atoms with van der Waals surface area (Å²) >= 11 is 0. The molecule has 0 unspecified atom stereocenters. The molecule has 134 valence electrons. The number of likely N-dealkylation sites (tertiary alicyclic amines) is 1. The highest BCUT2D eigenvalue weighted by Gasteiger charge is 2.37. The van der Waals surface area contributed by atoms with Crippen molar-refractivity contribution in [1.82, 2.24) is 9.80 Å². The number of nitrogens with zero attached hydrogens (tertiary/aromatic N) is 2. The van der Waals surface area contributed by atoms with Crippen LogP contribution in [0.25, 0.3) is 6.08 Å². The topological polar surface area (TPSA) is 42.0 Å². The maximum atomic E-state index is 12.9. The molecule has 0 aromatic heterocycles. The Balaban J connectivity index is 1.43. The second-order valence-electron chi connectivity index (χ2n) is 7.09. The molecular formula is C20H26N2O3. The molecule has 5 nitrogen and oxygen atoms in total. The van der Waals surface area contributed by atoms with Gasteiger partial charge in [0.25, 0.3) is 0 Å². The molecule has 1 aromatic rings. The summed E-state index contributed by atoms with van der Waals surface area (Å²) in [6, 6.07) is 6.62. The number of hydrogen-bond donors (Lipinski definition) is 0. The number of amides is 1. The van der Waals surface area contributed by atoms with Crippen LogP contribution in [0.5, 0.6) is 11.5 Å². The predicted octanol–water partition coefficient (Wildman–Crippen LogP) is 2.90. The van der Waals surface area contributed by atoms with Crippen LogP contribution in [0, 0.1) is 0 Å². The van der Waals surface area contributed by atoms with Crippen molar-refractivity contribution in [3.63, 3.8) is 0 Å². The summed E-state index contributed by atoms with van der Waals surface area (Å²) in [6.07, 6.45) is 8.10. The monoisotopic (exact) mass is 342 g/mol. The summed E-state index contributed by atoms with van der Waals surface area (Å²) in [5.41, 5.74) is 0.967. The van der Waals surface area contributed by atoms with E-state index in [1.165, 1.54) is 0 Å². The van der Waals surface area contributed by atoms with Crippen LogP contribution in [0.1, 0.15) is 38.2 Å². The zero-order valence-corrected chi connectivity index (χ0v) is 14.8. The van der Waals surface area contributed by atoms with Crippen LogP contribution in [-0.4, -0.2) is 54.2 Å². The van der Waals surface area contributed by atoms with Crippen molar-refractivity contribution in [3.8, 4) is 11.5 Å². The average molecular weight is 342 g/mol. The normalized spacial score (nSPS) is 21.0. The minimum Gasteiger partial charge on any atom is -0.454 e. The first kappa shape index (κ1) is 16.5. The molecule has 0 atom stereocenters. The summed E-state index contributed by atoms with van der Waals surface area (Å²) in [6.45, 7) is 5.78. The van der Waals surface area contributed by atoms with Crippen LogP contribution in [0.4, 0.5) is 0 Å². The number of ether oxygens (including phenoxy) is 2. The van der Waals surface area contributed by atoms with Gasteiger partial charge in [0.1, 0.15) is 0 Å². The van der Waals surface area contributed by atoms with Crippen molar-refractivity contribution in [2.24, 2.45) is 0 Å². The van der Waals surface area contributed by atoms with Gasteiger partial charge in [0, 0.05) is 31.2 Å². The lowest BCUT2D eigenvalue weighted by atomic mass is 10.0. The first-order chi connectivity index (χ1) is 12.2. The molecule has 1 saturated heterocycles. The zero-order valence-electron chi connectivity index (χ0n) is 14.8. The van der Waals surface area contributed by atoms with Gasteiger partial charge >= 0.3 is 0 Å². The fourth-order valence-electron chi connectivity index (χ4n) is 3.79. The molecule has 2 heterocycles. The lowest BCUT2D eigenvalue weighted by Gasteiger charge is -2.38. The molecular weight excluding hydrogens is 316 g/mol. The van der Waals surface area contributed by atoms with E-state index in [2.05, 4.69) is 16.7 Å². The van der Waals surface area contributed by atoms with Crippen LogP contribution in [0.2, 0.25) is 0 Å².